The highest BCUT2D eigenvalue weighted by molar-refractivity contribution is 6.19. The van der Waals surface area contributed by atoms with Crippen LogP contribution in [-0.2, 0) is 11.8 Å². The molecule has 0 fully saturated rings. The zero-order chi connectivity index (χ0) is 22.2. The minimum absolute atomic E-state index is 0.0139. The lowest BCUT2D eigenvalue weighted by Gasteiger charge is -2.22. The van der Waals surface area contributed by atoms with Crippen LogP contribution in [0.2, 0.25) is 0 Å². The first-order valence-electron chi connectivity index (χ1n) is 11.7. The molecule has 33 heavy (non-hydrogen) atoms. The SMILES string of the molecule is CC1(C)c2ccccc2-c2ccc(Cc3cc4ccccc4c4c3oc3ccccc34)cc21. The molecule has 0 amide bonds. The third kappa shape index (κ3) is 2.60. The van der Waals surface area contributed by atoms with Gasteiger partial charge in [0.15, 0.2) is 0 Å². The van der Waals surface area contributed by atoms with Gasteiger partial charge in [0.2, 0.25) is 0 Å². The van der Waals surface area contributed by atoms with Crippen molar-refractivity contribution in [1.29, 1.82) is 0 Å². The monoisotopic (exact) mass is 424 g/mol. The van der Waals surface area contributed by atoms with Gasteiger partial charge in [-0.05, 0) is 50.7 Å². The van der Waals surface area contributed by atoms with E-state index in [-0.39, 0.29) is 5.41 Å². The predicted octanol–water partition coefficient (Wildman–Crippen LogP) is 8.64. The highest BCUT2D eigenvalue weighted by atomic mass is 16.3. The fraction of sp³-hybridized carbons (Fsp3) is 0.125. The van der Waals surface area contributed by atoms with Gasteiger partial charge in [0.05, 0.1) is 0 Å². The molecule has 1 aromatic heterocycles. The largest absolute Gasteiger partial charge is 0.456 e. The number of rotatable bonds is 2. The van der Waals surface area contributed by atoms with Gasteiger partial charge in [0.25, 0.3) is 0 Å². The first-order valence-corrected chi connectivity index (χ1v) is 11.7. The van der Waals surface area contributed by atoms with Crippen molar-refractivity contribution in [3.8, 4) is 11.1 Å². The molecule has 0 bridgehead atoms. The molecule has 158 valence electrons. The predicted molar refractivity (Wildman–Crippen MR) is 138 cm³/mol. The minimum Gasteiger partial charge on any atom is -0.456 e. The van der Waals surface area contributed by atoms with Crippen molar-refractivity contribution in [2.45, 2.75) is 25.7 Å². The Kier molecular flexibility index (Phi) is 3.73. The van der Waals surface area contributed by atoms with Crippen molar-refractivity contribution >= 4 is 32.7 Å². The molecule has 1 heteroatoms. The topological polar surface area (TPSA) is 13.1 Å². The van der Waals surface area contributed by atoms with Gasteiger partial charge in [-0.1, -0.05) is 98.8 Å². The zero-order valence-electron chi connectivity index (χ0n) is 18.9. The molecular formula is C32H24O. The van der Waals surface area contributed by atoms with Crippen LogP contribution < -0.4 is 0 Å². The van der Waals surface area contributed by atoms with E-state index in [2.05, 4.69) is 105 Å². The molecule has 0 saturated heterocycles. The summed E-state index contributed by atoms with van der Waals surface area (Å²) in [6.45, 7) is 4.68. The van der Waals surface area contributed by atoms with Crippen LogP contribution in [0.25, 0.3) is 43.8 Å². The lowest BCUT2D eigenvalue weighted by molar-refractivity contribution is 0.658. The van der Waals surface area contributed by atoms with Gasteiger partial charge < -0.3 is 4.42 Å². The average Bonchev–Trinajstić information content (AvgIpc) is 3.34. The Hall–Kier alpha value is -3.84. The van der Waals surface area contributed by atoms with Crippen molar-refractivity contribution < 1.29 is 4.42 Å². The standard InChI is InChI=1S/C32H24O/c1-32(2)27-13-7-5-11-24(27)25-16-15-20(18-28(25)32)17-22-19-21-9-3-4-10-23(21)30-26-12-6-8-14-29(26)33-31(22)30/h3-16,18-19H,17H2,1-2H3. The van der Waals surface area contributed by atoms with E-state index in [9.17, 15) is 0 Å². The zero-order valence-corrected chi connectivity index (χ0v) is 18.9. The van der Waals surface area contributed by atoms with Crippen molar-refractivity contribution in [2.75, 3.05) is 0 Å². The van der Waals surface area contributed by atoms with E-state index in [4.69, 9.17) is 4.42 Å². The van der Waals surface area contributed by atoms with Gasteiger partial charge in [-0.3, -0.25) is 0 Å². The molecule has 1 nitrogen and oxygen atoms in total. The lowest BCUT2D eigenvalue weighted by atomic mass is 9.81. The molecule has 1 heterocycles. The summed E-state index contributed by atoms with van der Waals surface area (Å²) >= 11 is 0. The van der Waals surface area contributed by atoms with Crippen LogP contribution in [0.15, 0.2) is 101 Å². The molecule has 0 aliphatic heterocycles. The number of hydrogen-bond acceptors (Lipinski definition) is 1. The van der Waals surface area contributed by atoms with Gasteiger partial charge >= 0.3 is 0 Å². The average molecular weight is 425 g/mol. The molecule has 0 unspecified atom stereocenters. The van der Waals surface area contributed by atoms with E-state index in [1.165, 1.54) is 54.9 Å². The molecule has 6 aromatic rings. The van der Waals surface area contributed by atoms with Gasteiger partial charge in [-0.25, -0.2) is 0 Å². The Morgan fingerprint density at radius 2 is 1.39 bits per heavy atom. The molecule has 0 radical (unpaired) electrons. The number of furan rings is 1. The number of fused-ring (bicyclic) bond motifs is 8. The smallest absolute Gasteiger partial charge is 0.139 e. The molecule has 0 atom stereocenters. The molecule has 1 aliphatic carbocycles. The summed E-state index contributed by atoms with van der Waals surface area (Å²) < 4.78 is 6.45. The van der Waals surface area contributed by atoms with E-state index < -0.39 is 0 Å². The second-order valence-electron chi connectivity index (χ2n) is 9.79. The summed E-state index contributed by atoms with van der Waals surface area (Å²) in [5.41, 5.74) is 10.1. The summed E-state index contributed by atoms with van der Waals surface area (Å²) in [4.78, 5) is 0. The quantitative estimate of drug-likeness (QED) is 0.271. The number of hydrogen-bond donors (Lipinski definition) is 0. The highest BCUT2D eigenvalue weighted by Crippen LogP contribution is 2.49. The molecular weight excluding hydrogens is 400 g/mol. The molecule has 0 spiro atoms. The molecule has 0 saturated carbocycles. The number of benzene rings is 5. The van der Waals surface area contributed by atoms with Gasteiger partial charge in [-0.15, -0.1) is 0 Å². The van der Waals surface area contributed by atoms with Crippen LogP contribution in [0.4, 0.5) is 0 Å². The Morgan fingerprint density at radius 1 is 0.667 bits per heavy atom. The van der Waals surface area contributed by atoms with Crippen LogP contribution in [-0.4, -0.2) is 0 Å². The first-order chi connectivity index (χ1) is 16.1. The molecule has 7 rings (SSSR count). The third-order valence-electron chi connectivity index (χ3n) is 7.49. The molecule has 0 N–H and O–H groups in total. The van der Waals surface area contributed by atoms with Crippen LogP contribution in [0, 0.1) is 0 Å². The highest BCUT2D eigenvalue weighted by Gasteiger charge is 2.35. The first kappa shape index (κ1) is 18.7. The lowest BCUT2D eigenvalue weighted by Crippen LogP contribution is -2.15. The third-order valence-corrected chi connectivity index (χ3v) is 7.49. The van der Waals surface area contributed by atoms with E-state index in [1.807, 2.05) is 6.07 Å². The van der Waals surface area contributed by atoms with E-state index in [0.717, 1.165) is 17.6 Å². The van der Waals surface area contributed by atoms with E-state index in [0.29, 0.717) is 0 Å². The Bertz CT molecular complexity index is 1710. The summed E-state index contributed by atoms with van der Waals surface area (Å²) in [5.74, 6) is 0. The fourth-order valence-corrected chi connectivity index (χ4v) is 5.86. The maximum absolute atomic E-state index is 6.45. The summed E-state index contributed by atoms with van der Waals surface area (Å²) in [7, 11) is 0. The van der Waals surface area contributed by atoms with Gasteiger partial charge in [-0.2, -0.15) is 0 Å². The van der Waals surface area contributed by atoms with Crippen LogP contribution >= 0.6 is 0 Å². The number of para-hydroxylation sites is 1. The minimum atomic E-state index is 0.0139. The van der Waals surface area contributed by atoms with Gasteiger partial charge in [0.1, 0.15) is 11.2 Å². The van der Waals surface area contributed by atoms with Crippen LogP contribution in [0.1, 0.15) is 36.1 Å². The second kappa shape index (κ2) is 6.59. The second-order valence-corrected chi connectivity index (χ2v) is 9.79. The summed E-state index contributed by atoms with van der Waals surface area (Å²) in [6, 6.07) is 35.2. The van der Waals surface area contributed by atoms with Gasteiger partial charge in [0, 0.05) is 28.2 Å². The van der Waals surface area contributed by atoms with Crippen LogP contribution in [0.5, 0.6) is 0 Å². The Labute approximate surface area is 193 Å². The maximum Gasteiger partial charge on any atom is 0.139 e. The Morgan fingerprint density at radius 3 is 2.30 bits per heavy atom. The van der Waals surface area contributed by atoms with Crippen LogP contribution in [0.3, 0.4) is 0 Å². The van der Waals surface area contributed by atoms with Crippen molar-refractivity contribution in [3.05, 3.63) is 119 Å². The molecule has 5 aromatic carbocycles. The van der Waals surface area contributed by atoms with Crippen molar-refractivity contribution in [2.24, 2.45) is 0 Å². The summed E-state index contributed by atoms with van der Waals surface area (Å²) in [5, 5.41) is 4.94. The maximum atomic E-state index is 6.45. The normalized spacial score (nSPS) is 14.1. The van der Waals surface area contributed by atoms with Crippen molar-refractivity contribution in [1.82, 2.24) is 0 Å². The molecule has 1 aliphatic rings. The van der Waals surface area contributed by atoms with E-state index >= 15 is 0 Å². The fourth-order valence-electron chi connectivity index (χ4n) is 5.86. The summed E-state index contributed by atoms with van der Waals surface area (Å²) in [6.07, 6.45) is 0.848. The Balaban J connectivity index is 1.42. The van der Waals surface area contributed by atoms with E-state index in [1.54, 1.807) is 0 Å². The van der Waals surface area contributed by atoms with Crippen molar-refractivity contribution in [3.63, 3.8) is 0 Å².